The quantitative estimate of drug-likeness (QED) is 0.863. The van der Waals surface area contributed by atoms with Crippen molar-refractivity contribution < 1.29 is 18.0 Å². The van der Waals surface area contributed by atoms with Crippen LogP contribution in [-0.4, -0.2) is 41.7 Å². The Morgan fingerprint density at radius 1 is 1.33 bits per heavy atom. The highest BCUT2D eigenvalue weighted by atomic mass is 35.5. The molecule has 0 saturated carbocycles. The van der Waals surface area contributed by atoms with Gasteiger partial charge in [0.15, 0.2) is 0 Å². The van der Waals surface area contributed by atoms with E-state index in [1.165, 1.54) is 18.7 Å². The number of halogens is 4. The Hall–Kier alpha value is -0.490. The summed E-state index contributed by atoms with van der Waals surface area (Å²) in [6.45, 7) is 4.26. The monoisotopic (exact) mass is 328 g/mol. The van der Waals surface area contributed by atoms with Gasteiger partial charge in [-0.05, 0) is 46.1 Å². The molecule has 0 aromatic carbocycles. The van der Waals surface area contributed by atoms with Gasteiger partial charge >= 0.3 is 6.18 Å². The number of rotatable bonds is 3. The summed E-state index contributed by atoms with van der Waals surface area (Å²) in [7, 11) is 0. The Labute approximate surface area is 130 Å². The minimum Gasteiger partial charge on any atom is -0.337 e. The number of likely N-dealkylation sites (tertiary alicyclic amines) is 1. The average molecular weight is 329 g/mol. The highest BCUT2D eigenvalue weighted by Crippen LogP contribution is 2.44. The molecule has 1 amide bonds. The molecule has 2 aliphatic heterocycles. The van der Waals surface area contributed by atoms with Crippen LogP contribution in [0.15, 0.2) is 0 Å². The molecule has 2 heterocycles. The SMILES string of the molecule is CC1(C)C(C(F)(F)F)CCN1C(=O)CCC1CCCN1.Cl. The Kier molecular flexibility index (Phi) is 5.95. The summed E-state index contributed by atoms with van der Waals surface area (Å²) in [5, 5.41) is 3.31. The zero-order chi connectivity index (χ0) is 15.0. The molecule has 2 unspecified atom stereocenters. The van der Waals surface area contributed by atoms with Crippen LogP contribution in [0.3, 0.4) is 0 Å². The highest BCUT2D eigenvalue weighted by Gasteiger charge is 2.55. The van der Waals surface area contributed by atoms with Crippen LogP contribution >= 0.6 is 12.4 Å². The van der Waals surface area contributed by atoms with E-state index in [1.807, 2.05) is 0 Å². The van der Waals surface area contributed by atoms with Crippen molar-refractivity contribution in [3.63, 3.8) is 0 Å². The molecule has 2 fully saturated rings. The Balaban J connectivity index is 0.00000220. The van der Waals surface area contributed by atoms with Crippen molar-refractivity contribution in [3.05, 3.63) is 0 Å². The summed E-state index contributed by atoms with van der Waals surface area (Å²) in [5.74, 6) is -1.56. The smallest absolute Gasteiger partial charge is 0.337 e. The first-order chi connectivity index (χ1) is 9.23. The normalized spacial score (nSPS) is 28.5. The van der Waals surface area contributed by atoms with Gasteiger partial charge in [-0.3, -0.25) is 4.79 Å². The first-order valence-corrected chi connectivity index (χ1v) is 7.33. The van der Waals surface area contributed by atoms with Crippen molar-refractivity contribution >= 4 is 18.3 Å². The molecule has 2 aliphatic rings. The number of carbonyl (C=O) groups excluding carboxylic acids is 1. The van der Waals surface area contributed by atoms with Crippen molar-refractivity contribution in [3.8, 4) is 0 Å². The van der Waals surface area contributed by atoms with Gasteiger partial charge < -0.3 is 10.2 Å². The van der Waals surface area contributed by atoms with E-state index in [9.17, 15) is 18.0 Å². The highest BCUT2D eigenvalue weighted by molar-refractivity contribution is 5.85. The standard InChI is InChI=1S/C14H23F3N2O.ClH/c1-13(2)11(14(15,16)17)7-9-19(13)12(20)6-5-10-4-3-8-18-10;/h10-11,18H,3-9H2,1-2H3;1H. The molecule has 2 atom stereocenters. The molecular weight excluding hydrogens is 305 g/mol. The van der Waals surface area contributed by atoms with Crippen LogP contribution in [0.4, 0.5) is 13.2 Å². The fraction of sp³-hybridized carbons (Fsp3) is 0.929. The summed E-state index contributed by atoms with van der Waals surface area (Å²) in [6.07, 6.45) is -0.977. The van der Waals surface area contributed by atoms with Crippen molar-refractivity contribution in [2.24, 2.45) is 5.92 Å². The molecular formula is C14H24ClF3N2O. The Morgan fingerprint density at radius 3 is 2.48 bits per heavy atom. The molecule has 0 aromatic heterocycles. The molecule has 124 valence electrons. The second kappa shape index (κ2) is 6.73. The molecule has 7 heteroatoms. The third-order valence-corrected chi connectivity index (χ3v) is 4.76. The van der Waals surface area contributed by atoms with Gasteiger partial charge in [0.2, 0.25) is 5.91 Å². The molecule has 0 radical (unpaired) electrons. The molecule has 21 heavy (non-hydrogen) atoms. The third-order valence-electron chi connectivity index (χ3n) is 4.76. The molecule has 0 aliphatic carbocycles. The zero-order valence-corrected chi connectivity index (χ0v) is 13.3. The number of nitrogens with zero attached hydrogens (tertiary/aromatic N) is 1. The molecule has 2 rings (SSSR count). The van der Waals surface area contributed by atoms with Gasteiger partial charge in [0.25, 0.3) is 0 Å². The lowest BCUT2D eigenvalue weighted by Crippen LogP contribution is -2.49. The number of alkyl halides is 3. The lowest BCUT2D eigenvalue weighted by atomic mass is 9.87. The summed E-state index contributed by atoms with van der Waals surface area (Å²) in [4.78, 5) is 13.7. The largest absolute Gasteiger partial charge is 0.394 e. The van der Waals surface area contributed by atoms with E-state index in [1.54, 1.807) is 0 Å². The van der Waals surface area contributed by atoms with Gasteiger partial charge in [0.05, 0.1) is 5.92 Å². The summed E-state index contributed by atoms with van der Waals surface area (Å²) < 4.78 is 38.9. The fourth-order valence-corrected chi connectivity index (χ4v) is 3.53. The first-order valence-electron chi connectivity index (χ1n) is 7.33. The van der Waals surface area contributed by atoms with E-state index >= 15 is 0 Å². The topological polar surface area (TPSA) is 32.3 Å². The maximum Gasteiger partial charge on any atom is 0.394 e. The van der Waals surface area contributed by atoms with Crippen molar-refractivity contribution in [2.75, 3.05) is 13.1 Å². The summed E-state index contributed by atoms with van der Waals surface area (Å²) in [6, 6.07) is 0.350. The third kappa shape index (κ3) is 4.03. The lowest BCUT2D eigenvalue weighted by Gasteiger charge is -2.37. The second-order valence-corrected chi connectivity index (χ2v) is 6.41. The minimum absolute atomic E-state index is 0. The van der Waals surface area contributed by atoms with Crippen LogP contribution in [0.5, 0.6) is 0 Å². The molecule has 1 N–H and O–H groups in total. The molecule has 0 bridgehead atoms. The Bertz CT molecular complexity index is 368. The van der Waals surface area contributed by atoms with Crippen LogP contribution in [0.2, 0.25) is 0 Å². The summed E-state index contributed by atoms with van der Waals surface area (Å²) in [5.41, 5.74) is -1.13. The Morgan fingerprint density at radius 2 is 2.00 bits per heavy atom. The van der Waals surface area contributed by atoms with Crippen LogP contribution in [0, 0.1) is 5.92 Å². The first kappa shape index (κ1) is 18.6. The van der Waals surface area contributed by atoms with Crippen LogP contribution in [0.1, 0.15) is 46.0 Å². The number of carbonyl (C=O) groups is 1. The van der Waals surface area contributed by atoms with E-state index in [2.05, 4.69) is 5.32 Å². The van der Waals surface area contributed by atoms with Gasteiger partial charge in [-0.25, -0.2) is 0 Å². The van der Waals surface area contributed by atoms with E-state index in [4.69, 9.17) is 0 Å². The van der Waals surface area contributed by atoms with E-state index < -0.39 is 17.6 Å². The van der Waals surface area contributed by atoms with Crippen molar-refractivity contribution in [2.45, 2.75) is 63.7 Å². The predicted octanol–water partition coefficient (Wildman–Crippen LogP) is 3.13. The number of amides is 1. The molecule has 0 spiro atoms. The molecule has 2 saturated heterocycles. The molecule has 3 nitrogen and oxygen atoms in total. The number of hydrogen-bond acceptors (Lipinski definition) is 2. The average Bonchev–Trinajstić information content (AvgIpc) is 2.91. The van der Waals surface area contributed by atoms with Crippen LogP contribution < -0.4 is 5.32 Å². The van der Waals surface area contributed by atoms with Crippen LogP contribution in [-0.2, 0) is 4.79 Å². The van der Waals surface area contributed by atoms with Gasteiger partial charge in [-0.15, -0.1) is 12.4 Å². The van der Waals surface area contributed by atoms with E-state index in [-0.39, 0.29) is 31.3 Å². The van der Waals surface area contributed by atoms with Gasteiger partial charge in [0.1, 0.15) is 0 Å². The van der Waals surface area contributed by atoms with Gasteiger partial charge in [-0.1, -0.05) is 0 Å². The maximum atomic E-state index is 13.0. The van der Waals surface area contributed by atoms with E-state index in [0.29, 0.717) is 12.5 Å². The van der Waals surface area contributed by atoms with Gasteiger partial charge in [0, 0.05) is 24.5 Å². The lowest BCUT2D eigenvalue weighted by molar-refractivity contribution is -0.192. The predicted molar refractivity (Wildman–Crippen MR) is 77.5 cm³/mol. The zero-order valence-electron chi connectivity index (χ0n) is 12.5. The summed E-state index contributed by atoms with van der Waals surface area (Å²) >= 11 is 0. The minimum atomic E-state index is -4.23. The number of nitrogens with one attached hydrogen (secondary N) is 1. The molecule has 0 aromatic rings. The van der Waals surface area contributed by atoms with Crippen LogP contribution in [0.25, 0.3) is 0 Å². The van der Waals surface area contributed by atoms with E-state index in [0.717, 1.165) is 25.8 Å². The number of hydrogen-bond donors (Lipinski definition) is 1. The second-order valence-electron chi connectivity index (χ2n) is 6.41. The maximum absolute atomic E-state index is 13.0. The fourth-order valence-electron chi connectivity index (χ4n) is 3.53. The van der Waals surface area contributed by atoms with Crippen molar-refractivity contribution in [1.82, 2.24) is 10.2 Å². The van der Waals surface area contributed by atoms with Gasteiger partial charge in [-0.2, -0.15) is 13.2 Å². The van der Waals surface area contributed by atoms with Crippen molar-refractivity contribution in [1.29, 1.82) is 0 Å².